The molecule has 0 bridgehead atoms. The predicted molar refractivity (Wildman–Crippen MR) is 167 cm³/mol. The van der Waals surface area contributed by atoms with Crippen LogP contribution in [0.2, 0.25) is 0 Å². The molecule has 1 aromatic heterocycles. The molecule has 4 N–H and O–H groups in total. The zero-order chi connectivity index (χ0) is 30.0. The lowest BCUT2D eigenvalue weighted by atomic mass is 9.95. The summed E-state index contributed by atoms with van der Waals surface area (Å²) in [6.07, 6.45) is 0. The van der Waals surface area contributed by atoms with E-state index in [4.69, 9.17) is 30.4 Å². The summed E-state index contributed by atoms with van der Waals surface area (Å²) in [4.78, 5) is 27.7. The molecule has 0 unspecified atom stereocenters. The van der Waals surface area contributed by atoms with Crippen LogP contribution in [-0.4, -0.2) is 31.9 Å². The number of hydrogen-bond donors (Lipinski definition) is 2. The van der Waals surface area contributed by atoms with E-state index >= 15 is 0 Å². The molecule has 0 saturated heterocycles. The molecule has 0 aliphatic rings. The Kier molecular flexibility index (Phi) is 8.08. The van der Waals surface area contributed by atoms with Gasteiger partial charge in [-0.05, 0) is 99.2 Å². The number of halogens is 1. The van der Waals surface area contributed by atoms with Crippen LogP contribution in [0.5, 0.6) is 17.2 Å². The minimum Gasteiger partial charge on any atom is -0.495 e. The van der Waals surface area contributed by atoms with Crippen molar-refractivity contribution in [2.75, 3.05) is 32.8 Å². The van der Waals surface area contributed by atoms with Crippen molar-refractivity contribution >= 4 is 44.0 Å². The summed E-state index contributed by atoms with van der Waals surface area (Å²) in [6, 6.07) is 22.7. The molecule has 0 aliphatic heterocycles. The van der Waals surface area contributed by atoms with Crippen LogP contribution in [0.15, 0.2) is 88.1 Å². The number of nitrogens with two attached hydrogens (primary N) is 2. The number of nitrogen functional groups attached to an aromatic ring is 2. The minimum atomic E-state index is -0.705. The zero-order valence-electron chi connectivity index (χ0n) is 23.1. The molecule has 9 nitrogen and oxygen atoms in total. The molecule has 10 heteroatoms. The summed E-state index contributed by atoms with van der Waals surface area (Å²) in [6.45, 7) is 0.247. The highest BCUT2D eigenvalue weighted by Crippen LogP contribution is 2.42. The number of fused-ring (bicyclic) bond motifs is 1. The Bertz CT molecular complexity index is 1840. The van der Waals surface area contributed by atoms with Gasteiger partial charge >= 0.3 is 5.97 Å². The summed E-state index contributed by atoms with van der Waals surface area (Å²) in [7, 11) is 4.33. The van der Waals surface area contributed by atoms with E-state index in [1.807, 2.05) is 18.2 Å². The van der Waals surface area contributed by atoms with Gasteiger partial charge in [0.05, 0.1) is 26.7 Å². The maximum atomic E-state index is 14.2. The van der Waals surface area contributed by atoms with Gasteiger partial charge in [0.25, 0.3) is 5.56 Å². The van der Waals surface area contributed by atoms with E-state index in [1.165, 1.54) is 25.9 Å². The first-order chi connectivity index (χ1) is 20.2. The van der Waals surface area contributed by atoms with Crippen LogP contribution in [0.25, 0.3) is 27.6 Å². The smallest absolute Gasteiger partial charge is 0.355 e. The molecule has 42 heavy (non-hydrogen) atoms. The van der Waals surface area contributed by atoms with Crippen molar-refractivity contribution in [1.29, 1.82) is 0 Å². The highest BCUT2D eigenvalue weighted by atomic mass is 79.9. The van der Waals surface area contributed by atoms with Crippen LogP contribution in [-0.2, 0) is 11.3 Å². The molecule has 0 atom stereocenters. The van der Waals surface area contributed by atoms with Gasteiger partial charge in [0.2, 0.25) is 0 Å². The summed E-state index contributed by atoms with van der Waals surface area (Å²) in [5, 5.41) is 0.829. The van der Waals surface area contributed by atoms with E-state index in [0.717, 1.165) is 5.56 Å². The van der Waals surface area contributed by atoms with E-state index in [9.17, 15) is 9.59 Å². The monoisotopic (exact) mass is 629 g/mol. The van der Waals surface area contributed by atoms with Gasteiger partial charge in [-0.15, -0.1) is 0 Å². The number of hydrogen-bond acceptors (Lipinski definition) is 8. The van der Waals surface area contributed by atoms with Crippen molar-refractivity contribution in [3.63, 3.8) is 0 Å². The summed E-state index contributed by atoms with van der Waals surface area (Å²) in [5.41, 5.74) is 14.9. The van der Waals surface area contributed by atoms with Gasteiger partial charge in [0.1, 0.15) is 34.0 Å². The summed E-state index contributed by atoms with van der Waals surface area (Å²) >= 11 is 3.51. The predicted octanol–water partition coefficient (Wildman–Crippen LogP) is 5.97. The lowest BCUT2D eigenvalue weighted by Gasteiger charge is -2.20. The number of aromatic nitrogens is 1. The Morgan fingerprint density at radius 2 is 1.52 bits per heavy atom. The van der Waals surface area contributed by atoms with Crippen LogP contribution in [0, 0.1) is 0 Å². The number of rotatable bonds is 8. The topological polar surface area (TPSA) is 128 Å². The van der Waals surface area contributed by atoms with Crippen molar-refractivity contribution in [3.8, 4) is 34.1 Å². The van der Waals surface area contributed by atoms with Crippen molar-refractivity contribution in [3.05, 3.63) is 105 Å². The molecule has 1 heterocycles. The maximum absolute atomic E-state index is 14.2. The van der Waals surface area contributed by atoms with Crippen molar-refractivity contribution in [2.24, 2.45) is 0 Å². The van der Waals surface area contributed by atoms with E-state index in [1.54, 1.807) is 60.7 Å². The molecule has 214 valence electrons. The number of pyridine rings is 1. The van der Waals surface area contributed by atoms with Gasteiger partial charge in [0.15, 0.2) is 0 Å². The summed E-state index contributed by atoms with van der Waals surface area (Å²) in [5.74, 6) is 0.707. The highest BCUT2D eigenvalue weighted by molar-refractivity contribution is 9.10. The first kappa shape index (κ1) is 28.6. The molecule has 0 saturated carbocycles. The number of nitrogens with zero attached hydrogens (tertiary/aromatic N) is 1. The third-order valence-corrected chi connectivity index (χ3v) is 7.56. The fourth-order valence-corrected chi connectivity index (χ4v) is 5.34. The van der Waals surface area contributed by atoms with Gasteiger partial charge in [-0.25, -0.2) is 4.79 Å². The second kappa shape index (κ2) is 11.9. The van der Waals surface area contributed by atoms with Gasteiger partial charge in [-0.2, -0.15) is 0 Å². The molecule has 0 amide bonds. The fraction of sp³-hybridized carbons (Fsp3) is 0.125. The van der Waals surface area contributed by atoms with Gasteiger partial charge < -0.3 is 30.4 Å². The molecular formula is C32H28BrN3O6. The normalized spacial score (nSPS) is 10.9. The number of methoxy groups -OCH3 is 3. The Morgan fingerprint density at radius 3 is 2.14 bits per heavy atom. The fourth-order valence-electron chi connectivity index (χ4n) is 4.78. The van der Waals surface area contributed by atoms with Crippen LogP contribution < -0.4 is 31.2 Å². The molecule has 0 fully saturated rings. The SMILES string of the molecule is COC(=O)c1c(-c2cc(OC)c(Br)c(OC)c2)c2ccc(OCc3cccc(N)c3)cc2c(=O)n1-c1ccc(N)cc1. The van der Waals surface area contributed by atoms with E-state index in [0.29, 0.717) is 60.7 Å². The molecular weight excluding hydrogens is 602 g/mol. The quantitative estimate of drug-likeness (QED) is 0.159. The first-order valence-corrected chi connectivity index (χ1v) is 13.6. The largest absolute Gasteiger partial charge is 0.495 e. The lowest BCUT2D eigenvalue weighted by molar-refractivity contribution is 0.0591. The first-order valence-electron chi connectivity index (χ1n) is 12.8. The summed E-state index contributed by atoms with van der Waals surface area (Å²) < 4.78 is 24.4. The number of carbonyl (C=O) groups is 1. The van der Waals surface area contributed by atoms with Crippen molar-refractivity contribution in [2.45, 2.75) is 6.61 Å². The van der Waals surface area contributed by atoms with Crippen molar-refractivity contribution < 1.29 is 23.7 Å². The molecule has 0 spiro atoms. The lowest BCUT2D eigenvalue weighted by Crippen LogP contribution is -2.27. The van der Waals surface area contributed by atoms with Gasteiger partial charge in [0, 0.05) is 22.6 Å². The average molecular weight is 630 g/mol. The number of carbonyl (C=O) groups excluding carboxylic acids is 1. The third-order valence-electron chi connectivity index (χ3n) is 6.78. The van der Waals surface area contributed by atoms with Crippen molar-refractivity contribution in [1.82, 2.24) is 4.57 Å². The molecule has 5 rings (SSSR count). The Labute approximate surface area is 250 Å². The van der Waals surface area contributed by atoms with Gasteiger partial charge in [-0.1, -0.05) is 12.1 Å². The van der Waals surface area contributed by atoms with Crippen LogP contribution >= 0.6 is 15.9 Å². The second-order valence-electron chi connectivity index (χ2n) is 9.38. The van der Waals surface area contributed by atoms with Crippen LogP contribution in [0.1, 0.15) is 16.1 Å². The number of ether oxygens (including phenoxy) is 4. The Hall–Kier alpha value is -4.96. The maximum Gasteiger partial charge on any atom is 0.355 e. The Morgan fingerprint density at radius 1 is 0.833 bits per heavy atom. The second-order valence-corrected chi connectivity index (χ2v) is 10.2. The standard InChI is InChI=1S/C32H28BrN3O6/c1-39-26-14-19(15-27(40-2)29(26)33)28-24-12-11-23(42-17-18-5-4-6-21(35)13-18)16-25(24)31(37)36(30(28)32(38)41-3)22-9-7-20(34)8-10-22/h4-16H,17,34-35H2,1-3H3. The third kappa shape index (κ3) is 5.36. The van der Waals surface area contributed by atoms with E-state index in [-0.39, 0.29) is 12.3 Å². The van der Waals surface area contributed by atoms with E-state index in [2.05, 4.69) is 15.9 Å². The minimum absolute atomic E-state index is 0.0274. The molecule has 4 aromatic carbocycles. The average Bonchev–Trinajstić information content (AvgIpc) is 3.00. The number of anilines is 2. The molecule has 0 aliphatic carbocycles. The van der Waals surface area contributed by atoms with Crippen LogP contribution in [0.4, 0.5) is 11.4 Å². The molecule has 5 aromatic rings. The number of benzene rings is 4. The Balaban J connectivity index is 1.83. The van der Waals surface area contributed by atoms with Crippen LogP contribution in [0.3, 0.4) is 0 Å². The van der Waals surface area contributed by atoms with E-state index < -0.39 is 11.5 Å². The van der Waals surface area contributed by atoms with Gasteiger partial charge in [-0.3, -0.25) is 9.36 Å². The number of esters is 1. The highest BCUT2D eigenvalue weighted by Gasteiger charge is 2.27. The molecule has 0 radical (unpaired) electrons. The zero-order valence-corrected chi connectivity index (χ0v) is 24.7.